The van der Waals surface area contributed by atoms with Crippen molar-refractivity contribution in [2.75, 3.05) is 6.61 Å². The van der Waals surface area contributed by atoms with Crippen LogP contribution in [0.5, 0.6) is 0 Å². The monoisotopic (exact) mass is 277 g/mol. The molecule has 2 heterocycles. The van der Waals surface area contributed by atoms with E-state index in [9.17, 15) is 9.59 Å². The Morgan fingerprint density at radius 3 is 3.15 bits per heavy atom. The molecule has 0 radical (unpaired) electrons. The maximum absolute atomic E-state index is 11.2. The number of aldehydes is 1. The van der Waals surface area contributed by atoms with Crippen molar-refractivity contribution in [3.8, 4) is 0 Å². The molecule has 1 fully saturated rings. The van der Waals surface area contributed by atoms with Gasteiger partial charge in [-0.3, -0.25) is 4.79 Å². The molecule has 5 nitrogen and oxygen atoms in total. The van der Waals surface area contributed by atoms with Gasteiger partial charge in [-0.2, -0.15) is 0 Å². The van der Waals surface area contributed by atoms with E-state index in [0.29, 0.717) is 6.29 Å². The molecule has 2 aliphatic heterocycles. The lowest BCUT2D eigenvalue weighted by atomic mass is 10.2. The summed E-state index contributed by atoms with van der Waals surface area (Å²) in [5, 5.41) is 0. The molecule has 2 unspecified atom stereocenters. The predicted molar refractivity (Wildman–Crippen MR) is 73.4 cm³/mol. The van der Waals surface area contributed by atoms with E-state index in [1.165, 1.54) is 5.57 Å². The van der Waals surface area contributed by atoms with Crippen LogP contribution in [0.2, 0.25) is 0 Å². The third-order valence-corrected chi connectivity index (χ3v) is 3.23. The molecule has 0 saturated carbocycles. The van der Waals surface area contributed by atoms with Crippen molar-refractivity contribution in [2.45, 2.75) is 38.5 Å². The number of esters is 1. The highest BCUT2D eigenvalue weighted by atomic mass is 16.6. The summed E-state index contributed by atoms with van der Waals surface area (Å²) in [6.07, 6.45) is 11.7. The molecule has 0 amide bonds. The van der Waals surface area contributed by atoms with Crippen LogP contribution in [0.1, 0.15) is 26.2 Å². The number of carbonyl (C=O) groups excluding carboxylic acids is 2. The summed E-state index contributed by atoms with van der Waals surface area (Å²) in [5.41, 5.74) is 1.30. The van der Waals surface area contributed by atoms with E-state index in [2.05, 4.69) is 24.1 Å². The number of rotatable bonds is 5. The van der Waals surface area contributed by atoms with Crippen LogP contribution >= 0.6 is 0 Å². The maximum atomic E-state index is 11.2. The molecule has 0 bridgehead atoms. The zero-order valence-corrected chi connectivity index (χ0v) is 11.5. The van der Waals surface area contributed by atoms with Crippen molar-refractivity contribution in [3.63, 3.8) is 0 Å². The first kappa shape index (κ1) is 14.5. The van der Waals surface area contributed by atoms with Gasteiger partial charge in [0.05, 0.1) is 6.10 Å². The second-order valence-electron chi connectivity index (χ2n) is 4.93. The molecule has 2 atom stereocenters. The van der Waals surface area contributed by atoms with E-state index >= 15 is 0 Å². The SMILES string of the molecule is CC1=CN(C2CCC(COC(=O)/C=C/C=O)O2)C=CC1. The maximum Gasteiger partial charge on any atom is 0.330 e. The van der Waals surface area contributed by atoms with E-state index in [0.717, 1.165) is 31.4 Å². The van der Waals surface area contributed by atoms with Gasteiger partial charge in [0.25, 0.3) is 0 Å². The number of nitrogens with zero attached hydrogens (tertiary/aromatic N) is 1. The molecule has 5 heteroatoms. The summed E-state index contributed by atoms with van der Waals surface area (Å²) < 4.78 is 10.9. The molecule has 0 spiro atoms. The van der Waals surface area contributed by atoms with Crippen LogP contribution in [0.25, 0.3) is 0 Å². The minimum atomic E-state index is -0.516. The second kappa shape index (κ2) is 7.05. The van der Waals surface area contributed by atoms with Crippen LogP contribution in [0, 0.1) is 0 Å². The predicted octanol–water partition coefficient (Wildman–Crippen LogP) is 1.91. The summed E-state index contributed by atoms with van der Waals surface area (Å²) in [6.45, 7) is 2.31. The van der Waals surface area contributed by atoms with Gasteiger partial charge < -0.3 is 14.4 Å². The van der Waals surface area contributed by atoms with Crippen LogP contribution in [-0.4, -0.2) is 36.1 Å². The van der Waals surface area contributed by atoms with E-state index in [-0.39, 0.29) is 18.9 Å². The molecule has 0 aromatic carbocycles. The average Bonchev–Trinajstić information content (AvgIpc) is 2.92. The van der Waals surface area contributed by atoms with E-state index in [1.807, 2.05) is 6.20 Å². The van der Waals surface area contributed by atoms with Crippen LogP contribution in [-0.2, 0) is 19.1 Å². The number of carbonyl (C=O) groups is 2. The van der Waals surface area contributed by atoms with Gasteiger partial charge in [0.2, 0.25) is 0 Å². The first-order valence-corrected chi connectivity index (χ1v) is 6.74. The minimum Gasteiger partial charge on any atom is -0.460 e. The Kier molecular flexibility index (Phi) is 5.12. The second-order valence-corrected chi connectivity index (χ2v) is 4.93. The lowest BCUT2D eigenvalue weighted by Crippen LogP contribution is -2.29. The zero-order chi connectivity index (χ0) is 14.4. The van der Waals surface area contributed by atoms with Crippen molar-refractivity contribution in [1.29, 1.82) is 0 Å². The summed E-state index contributed by atoms with van der Waals surface area (Å²) >= 11 is 0. The number of hydrogen-bond donors (Lipinski definition) is 0. The molecule has 0 aromatic rings. The minimum absolute atomic E-state index is 0.00993. The van der Waals surface area contributed by atoms with Gasteiger partial charge >= 0.3 is 5.97 Å². The average molecular weight is 277 g/mol. The fourth-order valence-electron chi connectivity index (χ4n) is 2.26. The molecular formula is C15H19NO4. The van der Waals surface area contributed by atoms with Gasteiger partial charge in [0.1, 0.15) is 19.1 Å². The largest absolute Gasteiger partial charge is 0.460 e. The van der Waals surface area contributed by atoms with Gasteiger partial charge in [0, 0.05) is 18.5 Å². The van der Waals surface area contributed by atoms with Gasteiger partial charge in [-0.15, -0.1) is 0 Å². The van der Waals surface area contributed by atoms with Crippen molar-refractivity contribution >= 4 is 12.3 Å². The molecule has 0 aromatic heterocycles. The van der Waals surface area contributed by atoms with Crippen LogP contribution in [0.4, 0.5) is 0 Å². The van der Waals surface area contributed by atoms with E-state index < -0.39 is 5.97 Å². The third kappa shape index (κ3) is 4.06. The number of ether oxygens (including phenoxy) is 2. The Morgan fingerprint density at radius 1 is 1.55 bits per heavy atom. The Bertz CT molecular complexity index is 453. The van der Waals surface area contributed by atoms with Gasteiger partial charge in [-0.1, -0.05) is 11.6 Å². The van der Waals surface area contributed by atoms with Crippen molar-refractivity contribution in [3.05, 3.63) is 36.2 Å². The Labute approximate surface area is 118 Å². The summed E-state index contributed by atoms with van der Waals surface area (Å²) in [4.78, 5) is 23.4. The highest BCUT2D eigenvalue weighted by molar-refractivity contribution is 5.86. The smallest absolute Gasteiger partial charge is 0.330 e. The van der Waals surface area contributed by atoms with E-state index in [4.69, 9.17) is 9.47 Å². The van der Waals surface area contributed by atoms with Crippen LogP contribution < -0.4 is 0 Å². The van der Waals surface area contributed by atoms with Crippen molar-refractivity contribution in [1.82, 2.24) is 4.90 Å². The number of allylic oxidation sites excluding steroid dienone is 3. The highest BCUT2D eigenvalue weighted by Gasteiger charge is 2.29. The lowest BCUT2D eigenvalue weighted by molar-refractivity contribution is -0.142. The molecule has 0 N–H and O–H groups in total. The zero-order valence-electron chi connectivity index (χ0n) is 11.5. The van der Waals surface area contributed by atoms with Crippen molar-refractivity contribution < 1.29 is 19.1 Å². The van der Waals surface area contributed by atoms with Gasteiger partial charge in [0.15, 0.2) is 0 Å². The fourth-order valence-corrected chi connectivity index (χ4v) is 2.26. The fraction of sp³-hybridized carbons (Fsp3) is 0.467. The summed E-state index contributed by atoms with van der Waals surface area (Å²) in [6, 6.07) is 0. The molecular weight excluding hydrogens is 258 g/mol. The molecule has 1 saturated heterocycles. The third-order valence-electron chi connectivity index (χ3n) is 3.23. The highest BCUT2D eigenvalue weighted by Crippen LogP contribution is 2.26. The van der Waals surface area contributed by atoms with E-state index in [1.54, 1.807) is 0 Å². The number of hydrogen-bond acceptors (Lipinski definition) is 5. The topological polar surface area (TPSA) is 55.8 Å². The lowest BCUT2D eigenvalue weighted by Gasteiger charge is -2.26. The standard InChI is InChI=1S/C15H19NO4/c1-12-4-2-8-16(10-12)14-7-6-13(20-14)11-19-15(18)5-3-9-17/h2-3,5,8-10,13-14H,4,6-7,11H2,1H3/b5-3+. The quantitative estimate of drug-likeness (QED) is 0.436. The Balaban J connectivity index is 1.76. The van der Waals surface area contributed by atoms with Crippen LogP contribution in [0.3, 0.4) is 0 Å². The Hall–Kier alpha value is -1.88. The Morgan fingerprint density at radius 2 is 2.40 bits per heavy atom. The molecule has 2 aliphatic rings. The van der Waals surface area contributed by atoms with Crippen molar-refractivity contribution in [2.24, 2.45) is 0 Å². The normalized spacial score (nSPS) is 25.9. The molecule has 2 rings (SSSR count). The summed E-state index contributed by atoms with van der Waals surface area (Å²) in [5.74, 6) is -0.516. The first-order valence-electron chi connectivity index (χ1n) is 6.74. The summed E-state index contributed by atoms with van der Waals surface area (Å²) in [7, 11) is 0. The molecule has 20 heavy (non-hydrogen) atoms. The van der Waals surface area contributed by atoms with Gasteiger partial charge in [-0.05, 0) is 32.3 Å². The van der Waals surface area contributed by atoms with Crippen LogP contribution in [0.15, 0.2) is 36.2 Å². The molecule has 0 aliphatic carbocycles. The molecule has 108 valence electrons. The van der Waals surface area contributed by atoms with Gasteiger partial charge in [-0.25, -0.2) is 4.79 Å². The first-order chi connectivity index (χ1) is 9.69.